The van der Waals surface area contributed by atoms with E-state index in [1.54, 1.807) is 0 Å². The van der Waals surface area contributed by atoms with E-state index in [-0.39, 0.29) is 0 Å². The van der Waals surface area contributed by atoms with Gasteiger partial charge in [-0.3, -0.25) is 0 Å². The van der Waals surface area contributed by atoms with Crippen molar-refractivity contribution in [2.24, 2.45) is 5.92 Å². The second kappa shape index (κ2) is 3.90. The van der Waals surface area contributed by atoms with Crippen LogP contribution in [0.15, 0.2) is 0 Å². The highest BCUT2D eigenvalue weighted by Gasteiger charge is 2.23. The number of nitrogens with zero attached hydrogens (tertiary/aromatic N) is 1. The molecule has 0 aromatic heterocycles. The van der Waals surface area contributed by atoms with Gasteiger partial charge in [-0.05, 0) is 25.8 Å². The first kappa shape index (κ1) is 8.78. The zero-order valence-corrected chi connectivity index (χ0v) is 8.97. The molecule has 0 N–H and O–H groups in total. The van der Waals surface area contributed by atoms with E-state index >= 15 is 0 Å². The molecule has 60 valence electrons. The van der Waals surface area contributed by atoms with E-state index in [4.69, 9.17) is 0 Å². The zero-order valence-electron chi connectivity index (χ0n) is 6.81. The molecule has 1 fully saturated rings. The Morgan fingerprint density at radius 3 is 2.30 bits per heavy atom. The maximum Gasteiger partial charge on any atom is 0.0216 e. The van der Waals surface area contributed by atoms with Crippen molar-refractivity contribution in [1.29, 1.82) is 0 Å². The van der Waals surface area contributed by atoms with Crippen LogP contribution in [0.3, 0.4) is 0 Å². The van der Waals surface area contributed by atoms with Gasteiger partial charge in [0.2, 0.25) is 0 Å². The van der Waals surface area contributed by atoms with Gasteiger partial charge in [0.25, 0.3) is 0 Å². The molecule has 0 aromatic carbocycles. The van der Waals surface area contributed by atoms with Crippen LogP contribution in [0.4, 0.5) is 0 Å². The lowest BCUT2D eigenvalue weighted by Crippen LogP contribution is -2.32. The maximum absolute atomic E-state index is 2.41. The minimum Gasteiger partial charge on any atom is -0.247 e. The van der Waals surface area contributed by atoms with Crippen LogP contribution in [-0.2, 0) is 0 Å². The molecule has 1 aliphatic rings. The van der Waals surface area contributed by atoms with Crippen LogP contribution >= 0.6 is 22.9 Å². The highest BCUT2D eigenvalue weighted by atomic mass is 127. The first-order chi connectivity index (χ1) is 4.72. The summed E-state index contributed by atoms with van der Waals surface area (Å²) in [5, 5.41) is 0. The number of halogens is 1. The van der Waals surface area contributed by atoms with E-state index < -0.39 is 0 Å². The lowest BCUT2D eigenvalue weighted by Gasteiger charge is -2.32. The van der Waals surface area contributed by atoms with Gasteiger partial charge in [-0.15, -0.1) is 0 Å². The molecule has 0 amide bonds. The van der Waals surface area contributed by atoms with Gasteiger partial charge in [0, 0.05) is 28.9 Å². The first-order valence-corrected chi connectivity index (χ1v) is 5.07. The molecule has 2 heteroatoms. The van der Waals surface area contributed by atoms with Crippen molar-refractivity contribution in [1.82, 2.24) is 3.11 Å². The predicted octanol–water partition coefficient (Wildman–Crippen LogP) is 2.85. The summed E-state index contributed by atoms with van der Waals surface area (Å²) in [5.41, 5.74) is 0. The minimum absolute atomic E-state index is 0.842. The Balaban J connectivity index is 2.40. The van der Waals surface area contributed by atoms with Crippen molar-refractivity contribution in [3.8, 4) is 0 Å². The third-order valence-electron chi connectivity index (χ3n) is 2.52. The highest BCUT2D eigenvalue weighted by molar-refractivity contribution is 14.1. The molecular weight excluding hydrogens is 237 g/mol. The molecule has 0 spiro atoms. The molecule has 0 saturated heterocycles. The average Bonchev–Trinajstić information content (AvgIpc) is 1.88. The van der Waals surface area contributed by atoms with Crippen LogP contribution in [-0.4, -0.2) is 16.2 Å². The smallest absolute Gasteiger partial charge is 0.0216 e. The summed E-state index contributed by atoms with van der Waals surface area (Å²) in [6, 6.07) is 0.842. The molecule has 2 atom stereocenters. The van der Waals surface area contributed by atoms with E-state index in [9.17, 15) is 0 Å². The van der Waals surface area contributed by atoms with E-state index in [2.05, 4.69) is 39.9 Å². The van der Waals surface area contributed by atoms with Gasteiger partial charge in [0.1, 0.15) is 0 Å². The largest absolute Gasteiger partial charge is 0.247 e. The lowest BCUT2D eigenvalue weighted by atomic mass is 9.86. The van der Waals surface area contributed by atoms with E-state index in [1.165, 1.54) is 25.7 Å². The second-order valence-electron chi connectivity index (χ2n) is 3.35. The van der Waals surface area contributed by atoms with Crippen LogP contribution in [0, 0.1) is 5.92 Å². The third kappa shape index (κ3) is 2.09. The van der Waals surface area contributed by atoms with Gasteiger partial charge in [0.05, 0.1) is 0 Å². The van der Waals surface area contributed by atoms with E-state index in [1.807, 2.05) is 0 Å². The average molecular weight is 253 g/mol. The van der Waals surface area contributed by atoms with E-state index in [0.29, 0.717) is 0 Å². The Labute approximate surface area is 77.7 Å². The molecule has 0 radical (unpaired) electrons. The summed E-state index contributed by atoms with van der Waals surface area (Å²) in [7, 11) is 2.19. The molecule has 10 heavy (non-hydrogen) atoms. The summed E-state index contributed by atoms with van der Waals surface area (Å²) in [6.45, 7) is 2.37. The Bertz CT molecular complexity index is 103. The molecule has 1 saturated carbocycles. The van der Waals surface area contributed by atoms with Crippen LogP contribution in [0.1, 0.15) is 32.6 Å². The fourth-order valence-electron chi connectivity index (χ4n) is 1.83. The Hall–Kier alpha value is 0.690. The highest BCUT2D eigenvalue weighted by Crippen LogP contribution is 2.28. The summed E-state index contributed by atoms with van der Waals surface area (Å²) in [4.78, 5) is 0. The third-order valence-corrected chi connectivity index (χ3v) is 3.24. The van der Waals surface area contributed by atoms with Crippen molar-refractivity contribution >= 4 is 22.9 Å². The van der Waals surface area contributed by atoms with Gasteiger partial charge in [-0.25, -0.2) is 3.11 Å². The van der Waals surface area contributed by atoms with Crippen molar-refractivity contribution in [3.05, 3.63) is 0 Å². The molecule has 0 aromatic rings. The standard InChI is InChI=1S/C8H16IN/c1-7-5-3-4-6-8(7)10(2)9/h7-8H,3-6H2,1-2H3. The Kier molecular flexibility index (Phi) is 3.43. The van der Waals surface area contributed by atoms with Crippen LogP contribution in [0.5, 0.6) is 0 Å². The fraction of sp³-hybridized carbons (Fsp3) is 1.00. The van der Waals surface area contributed by atoms with Crippen molar-refractivity contribution in [2.75, 3.05) is 7.05 Å². The molecule has 0 bridgehead atoms. The summed E-state index contributed by atoms with van der Waals surface area (Å²) in [6.07, 6.45) is 5.71. The second-order valence-corrected chi connectivity index (χ2v) is 4.88. The molecular formula is C8H16IN. The normalized spacial score (nSPS) is 34.8. The lowest BCUT2D eigenvalue weighted by molar-refractivity contribution is 0.239. The van der Waals surface area contributed by atoms with Crippen LogP contribution in [0.25, 0.3) is 0 Å². The molecule has 1 nitrogen and oxygen atoms in total. The molecule has 0 heterocycles. The quantitative estimate of drug-likeness (QED) is 0.513. The monoisotopic (exact) mass is 253 g/mol. The summed E-state index contributed by atoms with van der Waals surface area (Å²) < 4.78 is 2.35. The molecule has 2 unspecified atom stereocenters. The molecule has 0 aliphatic heterocycles. The summed E-state index contributed by atoms with van der Waals surface area (Å²) in [5.74, 6) is 0.913. The van der Waals surface area contributed by atoms with Crippen LogP contribution < -0.4 is 0 Å². The summed E-state index contributed by atoms with van der Waals surface area (Å²) >= 11 is 2.41. The number of rotatable bonds is 1. The van der Waals surface area contributed by atoms with Gasteiger partial charge in [0.15, 0.2) is 0 Å². The van der Waals surface area contributed by atoms with Gasteiger partial charge in [-0.1, -0.05) is 19.8 Å². The number of hydrogen-bond acceptors (Lipinski definition) is 1. The minimum atomic E-state index is 0.842. The Morgan fingerprint density at radius 2 is 1.90 bits per heavy atom. The van der Waals surface area contributed by atoms with Gasteiger partial charge < -0.3 is 0 Å². The van der Waals surface area contributed by atoms with Crippen molar-refractivity contribution < 1.29 is 0 Å². The number of hydrogen-bond donors (Lipinski definition) is 0. The molecule has 1 aliphatic carbocycles. The van der Waals surface area contributed by atoms with Crippen molar-refractivity contribution in [3.63, 3.8) is 0 Å². The van der Waals surface area contributed by atoms with Crippen LogP contribution in [0.2, 0.25) is 0 Å². The van der Waals surface area contributed by atoms with Crippen molar-refractivity contribution in [2.45, 2.75) is 38.6 Å². The Morgan fingerprint density at radius 1 is 1.30 bits per heavy atom. The van der Waals surface area contributed by atoms with E-state index in [0.717, 1.165) is 12.0 Å². The topological polar surface area (TPSA) is 3.24 Å². The molecule has 1 rings (SSSR count). The van der Waals surface area contributed by atoms with Gasteiger partial charge >= 0.3 is 0 Å². The SMILES string of the molecule is CC1CCCCC1N(C)I. The predicted molar refractivity (Wildman–Crippen MR) is 53.2 cm³/mol. The maximum atomic E-state index is 2.41. The zero-order chi connectivity index (χ0) is 7.56. The fourth-order valence-corrected chi connectivity index (χ4v) is 2.65. The first-order valence-electron chi connectivity index (χ1n) is 4.10. The van der Waals surface area contributed by atoms with Gasteiger partial charge in [-0.2, -0.15) is 0 Å².